The maximum absolute atomic E-state index is 11.0. The van der Waals surface area contributed by atoms with Gasteiger partial charge in [-0.25, -0.2) is 8.42 Å². The molecule has 0 aromatic carbocycles. The summed E-state index contributed by atoms with van der Waals surface area (Å²) in [4.78, 5) is 0. The molecule has 0 radical (unpaired) electrons. The molecular weight excluding hydrogens is 164 g/mol. The standard InChI is InChI=1S/C7H14O3S/c1-6(4-8)7-2-3-11(9,10)5-7/h6-8H,2-5H2,1H3. The molecule has 3 nitrogen and oxygen atoms in total. The summed E-state index contributed by atoms with van der Waals surface area (Å²) in [6.07, 6.45) is 0.726. The quantitative estimate of drug-likeness (QED) is 0.650. The molecule has 1 heterocycles. The molecule has 1 aliphatic heterocycles. The summed E-state index contributed by atoms with van der Waals surface area (Å²) in [5.74, 6) is 0.897. The normalized spacial score (nSPS) is 32.0. The highest BCUT2D eigenvalue weighted by atomic mass is 32.2. The van der Waals surface area contributed by atoms with Crippen LogP contribution in [0.2, 0.25) is 0 Å². The van der Waals surface area contributed by atoms with Gasteiger partial charge in [0.2, 0.25) is 0 Å². The van der Waals surface area contributed by atoms with E-state index < -0.39 is 9.84 Å². The molecule has 66 valence electrons. The summed E-state index contributed by atoms with van der Waals surface area (Å²) in [5, 5.41) is 8.77. The molecule has 2 unspecified atom stereocenters. The van der Waals surface area contributed by atoms with Gasteiger partial charge in [0.1, 0.15) is 0 Å². The lowest BCUT2D eigenvalue weighted by Crippen LogP contribution is -2.16. The monoisotopic (exact) mass is 178 g/mol. The van der Waals surface area contributed by atoms with Crippen molar-refractivity contribution in [2.45, 2.75) is 13.3 Å². The Kier molecular flexibility index (Phi) is 2.54. The molecule has 0 aromatic rings. The summed E-state index contributed by atoms with van der Waals surface area (Å²) in [6, 6.07) is 0. The van der Waals surface area contributed by atoms with Crippen molar-refractivity contribution in [1.82, 2.24) is 0 Å². The van der Waals surface area contributed by atoms with Crippen LogP contribution in [0.25, 0.3) is 0 Å². The fourth-order valence-electron chi connectivity index (χ4n) is 1.42. The van der Waals surface area contributed by atoms with Crippen LogP contribution >= 0.6 is 0 Å². The van der Waals surface area contributed by atoms with Gasteiger partial charge in [-0.3, -0.25) is 0 Å². The van der Waals surface area contributed by atoms with E-state index in [0.29, 0.717) is 5.75 Å². The third kappa shape index (κ3) is 2.17. The molecule has 0 spiro atoms. The van der Waals surface area contributed by atoms with Gasteiger partial charge in [-0.1, -0.05) is 6.92 Å². The number of aliphatic hydroxyl groups excluding tert-OH is 1. The van der Waals surface area contributed by atoms with E-state index in [-0.39, 0.29) is 24.2 Å². The highest BCUT2D eigenvalue weighted by Crippen LogP contribution is 2.25. The molecule has 2 atom stereocenters. The fraction of sp³-hybridized carbons (Fsp3) is 1.00. The Morgan fingerprint density at radius 2 is 2.27 bits per heavy atom. The molecule has 11 heavy (non-hydrogen) atoms. The Morgan fingerprint density at radius 3 is 2.64 bits per heavy atom. The lowest BCUT2D eigenvalue weighted by atomic mass is 9.95. The molecule has 1 rings (SSSR count). The molecular formula is C7H14O3S. The van der Waals surface area contributed by atoms with Crippen LogP contribution in [0.5, 0.6) is 0 Å². The van der Waals surface area contributed by atoms with Crippen molar-refractivity contribution >= 4 is 9.84 Å². The van der Waals surface area contributed by atoms with Gasteiger partial charge in [0.05, 0.1) is 11.5 Å². The van der Waals surface area contributed by atoms with Gasteiger partial charge in [0.25, 0.3) is 0 Å². The van der Waals surface area contributed by atoms with Crippen molar-refractivity contribution in [2.24, 2.45) is 11.8 Å². The smallest absolute Gasteiger partial charge is 0.150 e. The van der Waals surface area contributed by atoms with Crippen LogP contribution in [-0.4, -0.2) is 31.6 Å². The van der Waals surface area contributed by atoms with Crippen LogP contribution in [0.1, 0.15) is 13.3 Å². The van der Waals surface area contributed by atoms with Crippen molar-refractivity contribution in [1.29, 1.82) is 0 Å². The Hall–Kier alpha value is -0.0900. The summed E-state index contributed by atoms with van der Waals surface area (Å²) < 4.78 is 22.0. The number of sulfone groups is 1. The first-order valence-corrected chi connectivity index (χ1v) is 5.68. The predicted molar refractivity (Wildman–Crippen MR) is 43.0 cm³/mol. The molecule has 0 saturated carbocycles. The first-order chi connectivity index (χ1) is 5.05. The highest BCUT2D eigenvalue weighted by molar-refractivity contribution is 7.91. The Balaban J connectivity index is 2.55. The molecule has 1 saturated heterocycles. The minimum atomic E-state index is -2.76. The van der Waals surface area contributed by atoms with Gasteiger partial charge in [0, 0.05) is 6.61 Å². The lowest BCUT2D eigenvalue weighted by molar-refractivity contribution is 0.198. The van der Waals surface area contributed by atoms with Crippen molar-refractivity contribution in [3.05, 3.63) is 0 Å². The second kappa shape index (κ2) is 3.11. The minimum absolute atomic E-state index is 0.0974. The zero-order valence-electron chi connectivity index (χ0n) is 6.66. The average molecular weight is 178 g/mol. The van der Waals surface area contributed by atoms with E-state index in [2.05, 4.69) is 0 Å². The number of rotatable bonds is 2. The third-order valence-corrected chi connectivity index (χ3v) is 4.15. The van der Waals surface area contributed by atoms with Crippen molar-refractivity contribution < 1.29 is 13.5 Å². The van der Waals surface area contributed by atoms with E-state index in [4.69, 9.17) is 5.11 Å². The van der Waals surface area contributed by atoms with Crippen LogP contribution in [0, 0.1) is 11.8 Å². The van der Waals surface area contributed by atoms with E-state index >= 15 is 0 Å². The van der Waals surface area contributed by atoms with Crippen LogP contribution in [0.4, 0.5) is 0 Å². The van der Waals surface area contributed by atoms with Gasteiger partial charge in [-0.15, -0.1) is 0 Å². The second-order valence-electron chi connectivity index (χ2n) is 3.32. The highest BCUT2D eigenvalue weighted by Gasteiger charge is 2.30. The maximum atomic E-state index is 11.0. The minimum Gasteiger partial charge on any atom is -0.396 e. The Labute approximate surface area is 67.3 Å². The molecule has 0 aromatic heterocycles. The molecule has 1 aliphatic rings. The van der Waals surface area contributed by atoms with E-state index in [9.17, 15) is 8.42 Å². The average Bonchev–Trinajstić information content (AvgIpc) is 2.29. The second-order valence-corrected chi connectivity index (χ2v) is 5.55. The van der Waals surface area contributed by atoms with Crippen LogP contribution in [0.15, 0.2) is 0 Å². The fourth-order valence-corrected chi connectivity index (χ4v) is 3.40. The van der Waals surface area contributed by atoms with Crippen molar-refractivity contribution in [3.8, 4) is 0 Å². The molecule has 0 aliphatic carbocycles. The molecule has 4 heteroatoms. The molecule has 0 bridgehead atoms. The van der Waals surface area contributed by atoms with Crippen LogP contribution < -0.4 is 0 Å². The summed E-state index contributed by atoms with van der Waals surface area (Å²) >= 11 is 0. The molecule has 0 amide bonds. The summed E-state index contributed by atoms with van der Waals surface area (Å²) in [7, 11) is -2.76. The molecule has 1 N–H and O–H groups in total. The zero-order chi connectivity index (χ0) is 8.48. The zero-order valence-corrected chi connectivity index (χ0v) is 7.47. The van der Waals surface area contributed by atoms with E-state index in [0.717, 1.165) is 6.42 Å². The van der Waals surface area contributed by atoms with E-state index in [1.807, 2.05) is 6.92 Å². The van der Waals surface area contributed by atoms with Gasteiger partial charge in [-0.2, -0.15) is 0 Å². The number of hydrogen-bond donors (Lipinski definition) is 1. The topological polar surface area (TPSA) is 54.4 Å². The first kappa shape index (κ1) is 9.00. The van der Waals surface area contributed by atoms with Crippen LogP contribution in [0.3, 0.4) is 0 Å². The number of hydrogen-bond acceptors (Lipinski definition) is 3. The van der Waals surface area contributed by atoms with Gasteiger partial charge < -0.3 is 5.11 Å². The predicted octanol–water partition coefficient (Wildman–Crippen LogP) is 0.0495. The van der Waals surface area contributed by atoms with Gasteiger partial charge in [-0.05, 0) is 18.3 Å². The van der Waals surface area contributed by atoms with E-state index in [1.165, 1.54) is 0 Å². The Bertz CT molecular complexity index is 220. The van der Waals surface area contributed by atoms with Gasteiger partial charge >= 0.3 is 0 Å². The lowest BCUT2D eigenvalue weighted by Gasteiger charge is -2.13. The number of aliphatic hydroxyl groups is 1. The summed E-state index contributed by atoms with van der Waals surface area (Å²) in [5.41, 5.74) is 0. The van der Waals surface area contributed by atoms with Crippen molar-refractivity contribution in [2.75, 3.05) is 18.1 Å². The maximum Gasteiger partial charge on any atom is 0.150 e. The van der Waals surface area contributed by atoms with E-state index in [1.54, 1.807) is 0 Å². The summed E-state index contributed by atoms with van der Waals surface area (Å²) in [6.45, 7) is 1.99. The largest absolute Gasteiger partial charge is 0.396 e. The first-order valence-electron chi connectivity index (χ1n) is 3.86. The third-order valence-electron chi connectivity index (χ3n) is 2.36. The SMILES string of the molecule is CC(CO)C1CCS(=O)(=O)C1. The van der Waals surface area contributed by atoms with Crippen LogP contribution in [-0.2, 0) is 9.84 Å². The van der Waals surface area contributed by atoms with Crippen molar-refractivity contribution in [3.63, 3.8) is 0 Å². The van der Waals surface area contributed by atoms with Gasteiger partial charge in [0.15, 0.2) is 9.84 Å². The molecule has 1 fully saturated rings. The Morgan fingerprint density at radius 1 is 1.64 bits per heavy atom.